The molecule has 1 aliphatic rings. The number of nitrogens with zero attached hydrogens (tertiary/aromatic N) is 3. The van der Waals surface area contributed by atoms with Gasteiger partial charge in [0, 0.05) is 44.0 Å². The van der Waals surface area contributed by atoms with Crippen LogP contribution >= 0.6 is 0 Å². The highest BCUT2D eigenvalue weighted by Gasteiger charge is 2.18. The second kappa shape index (κ2) is 6.49. The number of likely N-dealkylation sites (N-methyl/N-ethyl adjacent to an activating group) is 1. The first-order valence-electron chi connectivity index (χ1n) is 7.46. The maximum absolute atomic E-state index is 4.88. The molecule has 2 heterocycles. The first kappa shape index (κ1) is 14.5. The molecular formula is C16H27N3. The molecule has 0 aromatic carbocycles. The summed E-state index contributed by atoms with van der Waals surface area (Å²) < 4.78 is 0. The molecule has 106 valence electrons. The van der Waals surface area contributed by atoms with E-state index in [4.69, 9.17) is 4.98 Å². The molecule has 0 aliphatic carbocycles. The van der Waals surface area contributed by atoms with E-state index in [0.717, 1.165) is 32.6 Å². The Kier molecular flexibility index (Phi) is 4.94. The van der Waals surface area contributed by atoms with Crippen molar-refractivity contribution in [3.05, 3.63) is 29.1 Å². The van der Waals surface area contributed by atoms with Crippen LogP contribution in [0.1, 0.15) is 43.1 Å². The van der Waals surface area contributed by atoms with Crippen LogP contribution in [0.25, 0.3) is 0 Å². The van der Waals surface area contributed by atoms with Crippen molar-refractivity contribution < 1.29 is 0 Å². The van der Waals surface area contributed by atoms with Gasteiger partial charge in [-0.05, 0) is 38.1 Å². The van der Waals surface area contributed by atoms with Crippen molar-refractivity contribution in [3.8, 4) is 0 Å². The Labute approximate surface area is 117 Å². The Morgan fingerprint density at radius 3 is 2.84 bits per heavy atom. The maximum atomic E-state index is 4.88. The van der Waals surface area contributed by atoms with E-state index in [9.17, 15) is 0 Å². The van der Waals surface area contributed by atoms with Crippen LogP contribution in [0.5, 0.6) is 0 Å². The van der Waals surface area contributed by atoms with E-state index in [1.807, 2.05) is 0 Å². The lowest BCUT2D eigenvalue weighted by Crippen LogP contribution is -2.36. The lowest BCUT2D eigenvalue weighted by Gasteiger charge is -2.29. The van der Waals surface area contributed by atoms with Crippen LogP contribution in [0.3, 0.4) is 0 Å². The predicted molar refractivity (Wildman–Crippen MR) is 80.5 cm³/mol. The van der Waals surface area contributed by atoms with Gasteiger partial charge in [0.2, 0.25) is 0 Å². The normalized spacial score (nSPS) is 17.5. The number of rotatable bonds is 5. The Morgan fingerprint density at radius 2 is 2.16 bits per heavy atom. The van der Waals surface area contributed by atoms with Gasteiger partial charge in [-0.2, -0.15) is 0 Å². The summed E-state index contributed by atoms with van der Waals surface area (Å²) in [5, 5.41) is 0. The van der Waals surface area contributed by atoms with Gasteiger partial charge in [-0.15, -0.1) is 0 Å². The van der Waals surface area contributed by atoms with E-state index in [1.54, 1.807) is 0 Å². The van der Waals surface area contributed by atoms with Crippen molar-refractivity contribution >= 4 is 0 Å². The minimum absolute atomic E-state index is 0.581. The second-order valence-corrected chi connectivity index (χ2v) is 5.98. The third-order valence-electron chi connectivity index (χ3n) is 4.13. The molecule has 2 rings (SSSR count). The maximum Gasteiger partial charge on any atom is 0.0464 e. The van der Waals surface area contributed by atoms with Gasteiger partial charge in [-0.1, -0.05) is 19.9 Å². The summed E-state index contributed by atoms with van der Waals surface area (Å²) in [4.78, 5) is 9.66. The summed E-state index contributed by atoms with van der Waals surface area (Å²) in [6.07, 6.45) is 2.27. The van der Waals surface area contributed by atoms with Crippen molar-refractivity contribution in [2.45, 2.75) is 39.2 Å². The molecule has 0 saturated carbocycles. The largest absolute Gasteiger partial charge is 0.308 e. The molecule has 0 radical (unpaired) electrons. The van der Waals surface area contributed by atoms with Gasteiger partial charge in [0.25, 0.3) is 0 Å². The number of hydrogen-bond acceptors (Lipinski definition) is 3. The minimum Gasteiger partial charge on any atom is -0.308 e. The van der Waals surface area contributed by atoms with Crippen LogP contribution < -0.4 is 0 Å². The van der Waals surface area contributed by atoms with Crippen molar-refractivity contribution in [2.24, 2.45) is 0 Å². The highest BCUT2D eigenvalue weighted by atomic mass is 15.2. The Bertz CT molecular complexity index is 414. The SMILES string of the molecule is CCC(C)c1ccc2c(n1)CCN(CCN(C)C)C2. The summed E-state index contributed by atoms with van der Waals surface area (Å²) in [7, 11) is 4.27. The Hall–Kier alpha value is -0.930. The molecule has 0 saturated heterocycles. The molecule has 0 N–H and O–H groups in total. The monoisotopic (exact) mass is 261 g/mol. The van der Waals surface area contributed by atoms with E-state index in [1.165, 1.54) is 23.4 Å². The molecule has 0 bridgehead atoms. The fraction of sp³-hybridized carbons (Fsp3) is 0.688. The lowest BCUT2D eigenvalue weighted by molar-refractivity contribution is 0.223. The molecule has 0 amide bonds. The van der Waals surface area contributed by atoms with Crippen LogP contribution in [0, 0.1) is 0 Å². The van der Waals surface area contributed by atoms with E-state index >= 15 is 0 Å². The van der Waals surface area contributed by atoms with E-state index in [-0.39, 0.29) is 0 Å². The summed E-state index contributed by atoms with van der Waals surface area (Å²) >= 11 is 0. The molecule has 3 nitrogen and oxygen atoms in total. The molecule has 1 aliphatic heterocycles. The molecule has 0 spiro atoms. The smallest absolute Gasteiger partial charge is 0.0464 e. The average molecular weight is 261 g/mol. The summed E-state index contributed by atoms with van der Waals surface area (Å²) in [6.45, 7) is 9.00. The standard InChI is InChI=1S/C16H27N3/c1-5-13(2)15-7-6-14-12-19(11-10-18(3)4)9-8-16(14)17-15/h6-7,13H,5,8-12H2,1-4H3. The fourth-order valence-electron chi connectivity index (χ4n) is 2.51. The summed E-state index contributed by atoms with van der Waals surface area (Å²) in [6, 6.07) is 4.52. The molecule has 1 atom stereocenters. The molecule has 1 aromatic rings. The van der Waals surface area contributed by atoms with Gasteiger partial charge in [0.1, 0.15) is 0 Å². The Balaban J connectivity index is 2.02. The average Bonchev–Trinajstić information content (AvgIpc) is 2.43. The predicted octanol–water partition coefficient (Wildman–Crippen LogP) is 2.51. The van der Waals surface area contributed by atoms with Gasteiger partial charge < -0.3 is 4.90 Å². The lowest BCUT2D eigenvalue weighted by atomic mass is 10.00. The van der Waals surface area contributed by atoms with Crippen molar-refractivity contribution in [3.63, 3.8) is 0 Å². The zero-order chi connectivity index (χ0) is 13.8. The van der Waals surface area contributed by atoms with Crippen molar-refractivity contribution in [1.82, 2.24) is 14.8 Å². The quantitative estimate of drug-likeness (QED) is 0.812. The summed E-state index contributed by atoms with van der Waals surface area (Å²) in [5.41, 5.74) is 4.03. The van der Waals surface area contributed by atoms with Crippen molar-refractivity contribution in [2.75, 3.05) is 33.7 Å². The van der Waals surface area contributed by atoms with Gasteiger partial charge in [-0.3, -0.25) is 9.88 Å². The minimum atomic E-state index is 0.581. The van der Waals surface area contributed by atoms with E-state index in [0.29, 0.717) is 5.92 Å². The second-order valence-electron chi connectivity index (χ2n) is 5.98. The van der Waals surface area contributed by atoms with Gasteiger partial charge in [0.05, 0.1) is 0 Å². The van der Waals surface area contributed by atoms with Gasteiger partial charge in [0.15, 0.2) is 0 Å². The molecule has 1 aromatic heterocycles. The van der Waals surface area contributed by atoms with Crippen LogP contribution in [-0.4, -0.2) is 48.5 Å². The molecule has 1 unspecified atom stereocenters. The van der Waals surface area contributed by atoms with E-state index < -0.39 is 0 Å². The molecule has 0 fully saturated rings. The van der Waals surface area contributed by atoms with Crippen molar-refractivity contribution in [1.29, 1.82) is 0 Å². The zero-order valence-corrected chi connectivity index (χ0v) is 12.8. The van der Waals surface area contributed by atoms with Gasteiger partial charge in [-0.25, -0.2) is 0 Å². The van der Waals surface area contributed by atoms with E-state index in [2.05, 4.69) is 49.9 Å². The number of pyridine rings is 1. The molecule has 3 heteroatoms. The van der Waals surface area contributed by atoms with Crippen LogP contribution in [0.2, 0.25) is 0 Å². The van der Waals surface area contributed by atoms with Crippen LogP contribution in [0.15, 0.2) is 12.1 Å². The summed E-state index contributed by atoms with van der Waals surface area (Å²) in [5.74, 6) is 0.581. The third-order valence-corrected chi connectivity index (χ3v) is 4.13. The zero-order valence-electron chi connectivity index (χ0n) is 12.8. The van der Waals surface area contributed by atoms with Crippen LogP contribution in [-0.2, 0) is 13.0 Å². The molecular weight excluding hydrogens is 234 g/mol. The third kappa shape index (κ3) is 3.77. The first-order valence-corrected chi connectivity index (χ1v) is 7.46. The first-order chi connectivity index (χ1) is 9.10. The number of aromatic nitrogens is 1. The highest BCUT2D eigenvalue weighted by molar-refractivity contribution is 5.26. The molecule has 19 heavy (non-hydrogen) atoms. The Morgan fingerprint density at radius 1 is 1.37 bits per heavy atom. The number of fused-ring (bicyclic) bond motifs is 1. The van der Waals surface area contributed by atoms with Gasteiger partial charge >= 0.3 is 0 Å². The topological polar surface area (TPSA) is 19.4 Å². The number of hydrogen-bond donors (Lipinski definition) is 0. The highest BCUT2D eigenvalue weighted by Crippen LogP contribution is 2.22. The van der Waals surface area contributed by atoms with Crippen LogP contribution in [0.4, 0.5) is 0 Å². The fourth-order valence-corrected chi connectivity index (χ4v) is 2.51.